The number of rotatable bonds is 8. The second-order valence-electron chi connectivity index (χ2n) is 8.80. The van der Waals surface area contributed by atoms with Gasteiger partial charge in [0.25, 0.3) is 6.47 Å². The smallest absolute Gasteiger partial charge is 0.293 e. The minimum Gasteiger partial charge on any atom is -0.461 e. The molecule has 1 fully saturated rings. The van der Waals surface area contributed by atoms with Gasteiger partial charge < -0.3 is 14.7 Å². The summed E-state index contributed by atoms with van der Waals surface area (Å²) in [4.78, 5) is 18.3. The van der Waals surface area contributed by atoms with E-state index in [0.717, 1.165) is 47.5 Å². The number of carbonyl (C=O) groups excluding carboxylic acids is 1. The normalized spacial score (nSPS) is 18.5. The van der Waals surface area contributed by atoms with Gasteiger partial charge in [-0.15, -0.1) is 0 Å². The lowest BCUT2D eigenvalue weighted by molar-refractivity contribution is -0.147. The second-order valence-corrected chi connectivity index (χ2v) is 8.80. The summed E-state index contributed by atoms with van der Waals surface area (Å²) in [6, 6.07) is 19.8. The highest BCUT2D eigenvalue weighted by atomic mass is 16.5. The summed E-state index contributed by atoms with van der Waals surface area (Å²) in [6.45, 7) is 3.50. The van der Waals surface area contributed by atoms with Crippen LogP contribution in [0.1, 0.15) is 41.9 Å². The van der Waals surface area contributed by atoms with E-state index >= 15 is 0 Å². The molecule has 0 bridgehead atoms. The second kappa shape index (κ2) is 8.85. The maximum atomic E-state index is 12.2. The van der Waals surface area contributed by atoms with Gasteiger partial charge in [-0.05, 0) is 72.3 Å². The van der Waals surface area contributed by atoms with Crippen LogP contribution in [0.25, 0.3) is 11.1 Å². The zero-order chi connectivity index (χ0) is 22.0. The molecule has 0 radical (unpaired) electrons. The Bertz CT molecular complexity index is 1030. The number of hydrogen-bond donors (Lipinski definition) is 1. The third-order valence-electron chi connectivity index (χ3n) is 7.00. The highest BCUT2D eigenvalue weighted by molar-refractivity contribution is 5.80. The van der Waals surface area contributed by atoms with E-state index in [-0.39, 0.29) is 5.92 Å². The van der Waals surface area contributed by atoms with E-state index in [0.29, 0.717) is 12.9 Å². The average Bonchev–Trinajstić information content (AvgIpc) is 3.45. The van der Waals surface area contributed by atoms with Crippen LogP contribution in [0.15, 0.2) is 73.1 Å². The van der Waals surface area contributed by atoms with Crippen molar-refractivity contribution in [1.29, 1.82) is 0 Å². The first-order valence-electron chi connectivity index (χ1n) is 11.3. The molecule has 5 nitrogen and oxygen atoms in total. The van der Waals surface area contributed by atoms with E-state index in [1.54, 1.807) is 12.4 Å². The van der Waals surface area contributed by atoms with Crippen LogP contribution in [-0.4, -0.2) is 47.2 Å². The Hall–Kier alpha value is -3.02. The van der Waals surface area contributed by atoms with E-state index < -0.39 is 11.7 Å². The molecule has 1 N–H and O–H groups in total. The number of carbonyl (C=O) groups is 1. The molecule has 2 atom stereocenters. The van der Waals surface area contributed by atoms with Gasteiger partial charge in [0.15, 0.2) is 5.60 Å². The van der Waals surface area contributed by atoms with Crippen LogP contribution in [0, 0.1) is 0 Å². The summed E-state index contributed by atoms with van der Waals surface area (Å²) in [5.41, 5.74) is 3.32. The van der Waals surface area contributed by atoms with Gasteiger partial charge in [-0.1, -0.05) is 48.5 Å². The molecule has 2 heterocycles. The number of benzene rings is 2. The topological polar surface area (TPSA) is 62.7 Å². The van der Waals surface area contributed by atoms with Crippen LogP contribution in [0.2, 0.25) is 0 Å². The van der Waals surface area contributed by atoms with E-state index in [4.69, 9.17) is 4.74 Å². The van der Waals surface area contributed by atoms with Crippen molar-refractivity contribution in [3.63, 3.8) is 0 Å². The lowest BCUT2D eigenvalue weighted by Gasteiger charge is -2.36. The fraction of sp³-hybridized carbons (Fsp3) is 0.333. The van der Waals surface area contributed by atoms with Gasteiger partial charge in [-0.25, -0.2) is 0 Å². The van der Waals surface area contributed by atoms with Gasteiger partial charge in [0.2, 0.25) is 0 Å². The SMILES string of the molecule is O=COC(C[C@@H](CN1CCCC1)c1ccncc1)C1(O)c2ccccc2-c2ccccc21. The lowest BCUT2D eigenvalue weighted by Crippen LogP contribution is -2.43. The summed E-state index contributed by atoms with van der Waals surface area (Å²) in [5, 5.41) is 12.2. The monoisotopic (exact) mass is 428 g/mol. The molecule has 3 aromatic rings. The van der Waals surface area contributed by atoms with Crippen molar-refractivity contribution in [2.75, 3.05) is 19.6 Å². The molecule has 32 heavy (non-hydrogen) atoms. The maximum absolute atomic E-state index is 12.2. The van der Waals surface area contributed by atoms with Crippen LogP contribution in [0.5, 0.6) is 0 Å². The zero-order valence-electron chi connectivity index (χ0n) is 18.1. The number of fused-ring (bicyclic) bond motifs is 3. The molecule has 0 saturated carbocycles. The Morgan fingerprint density at radius 2 is 1.56 bits per heavy atom. The Morgan fingerprint density at radius 1 is 0.969 bits per heavy atom. The third-order valence-corrected chi connectivity index (χ3v) is 7.00. The van der Waals surface area contributed by atoms with Crippen LogP contribution < -0.4 is 0 Å². The Kier molecular flexibility index (Phi) is 5.77. The zero-order valence-corrected chi connectivity index (χ0v) is 18.1. The van der Waals surface area contributed by atoms with Gasteiger partial charge in [-0.2, -0.15) is 0 Å². The van der Waals surface area contributed by atoms with Gasteiger partial charge in [0.1, 0.15) is 6.10 Å². The first kappa shape index (κ1) is 20.9. The average molecular weight is 429 g/mol. The molecule has 164 valence electrons. The number of likely N-dealkylation sites (tertiary alicyclic amines) is 1. The minimum atomic E-state index is -1.40. The molecule has 0 spiro atoms. The summed E-state index contributed by atoms with van der Waals surface area (Å²) in [5.74, 6) is 0.102. The summed E-state index contributed by atoms with van der Waals surface area (Å²) in [6.07, 6.45) is 5.82. The quantitative estimate of drug-likeness (QED) is 0.547. The molecule has 2 aliphatic rings. The van der Waals surface area contributed by atoms with Gasteiger partial charge in [0, 0.05) is 24.9 Å². The molecular weight excluding hydrogens is 400 g/mol. The number of hydrogen-bond acceptors (Lipinski definition) is 5. The molecular formula is C27H28N2O3. The number of pyridine rings is 1. The number of aliphatic hydroxyl groups is 1. The molecule has 1 aromatic heterocycles. The third kappa shape index (κ3) is 3.61. The van der Waals surface area contributed by atoms with E-state index in [1.165, 1.54) is 12.8 Å². The number of aromatic nitrogens is 1. The van der Waals surface area contributed by atoms with Crippen molar-refractivity contribution in [2.45, 2.75) is 36.9 Å². The summed E-state index contributed by atoms with van der Waals surface area (Å²) >= 11 is 0. The first-order chi connectivity index (χ1) is 15.7. The molecule has 2 aromatic carbocycles. The van der Waals surface area contributed by atoms with Crippen LogP contribution in [0.4, 0.5) is 0 Å². The first-order valence-corrected chi connectivity index (χ1v) is 11.3. The predicted octanol–water partition coefficient (Wildman–Crippen LogP) is 4.11. The van der Waals surface area contributed by atoms with E-state index in [2.05, 4.69) is 9.88 Å². The highest BCUT2D eigenvalue weighted by Gasteiger charge is 2.49. The van der Waals surface area contributed by atoms with Crippen LogP contribution in [0.3, 0.4) is 0 Å². The maximum Gasteiger partial charge on any atom is 0.293 e. The van der Waals surface area contributed by atoms with Crippen molar-refractivity contribution < 1.29 is 14.6 Å². The largest absolute Gasteiger partial charge is 0.461 e. The van der Waals surface area contributed by atoms with E-state index in [1.807, 2.05) is 60.7 Å². The van der Waals surface area contributed by atoms with Crippen molar-refractivity contribution >= 4 is 6.47 Å². The molecule has 5 heteroatoms. The fourth-order valence-electron chi connectivity index (χ4n) is 5.47. The fourth-order valence-corrected chi connectivity index (χ4v) is 5.47. The molecule has 0 amide bonds. The Balaban J connectivity index is 1.55. The van der Waals surface area contributed by atoms with Crippen molar-refractivity contribution in [3.05, 3.63) is 89.7 Å². The standard InChI is InChI=1S/C27H28N2O3/c30-19-32-26(17-21(18-29-15-5-6-16-29)20-11-13-28-14-12-20)27(31)24-9-3-1-7-22(24)23-8-2-4-10-25(23)27/h1-4,7-14,19,21,26,31H,5-6,15-18H2/t21-,26?/m0/s1. The summed E-state index contributed by atoms with van der Waals surface area (Å²) in [7, 11) is 0. The highest BCUT2D eigenvalue weighted by Crippen LogP contribution is 2.51. The molecule has 1 saturated heterocycles. The Morgan fingerprint density at radius 3 is 2.16 bits per heavy atom. The Labute approximate surface area is 188 Å². The van der Waals surface area contributed by atoms with Gasteiger partial charge in [0.05, 0.1) is 0 Å². The van der Waals surface area contributed by atoms with Gasteiger partial charge >= 0.3 is 0 Å². The van der Waals surface area contributed by atoms with Crippen molar-refractivity contribution in [1.82, 2.24) is 9.88 Å². The van der Waals surface area contributed by atoms with Crippen molar-refractivity contribution in [2.24, 2.45) is 0 Å². The molecule has 1 aliphatic carbocycles. The van der Waals surface area contributed by atoms with E-state index in [9.17, 15) is 9.90 Å². The molecule has 1 unspecified atom stereocenters. The molecule has 1 aliphatic heterocycles. The van der Waals surface area contributed by atoms with Gasteiger partial charge in [-0.3, -0.25) is 9.78 Å². The van der Waals surface area contributed by atoms with Crippen LogP contribution in [-0.2, 0) is 15.1 Å². The van der Waals surface area contributed by atoms with Crippen LogP contribution >= 0.6 is 0 Å². The number of nitrogens with zero attached hydrogens (tertiary/aromatic N) is 2. The van der Waals surface area contributed by atoms with Crippen molar-refractivity contribution in [3.8, 4) is 11.1 Å². The molecule has 5 rings (SSSR count). The summed E-state index contributed by atoms with van der Waals surface area (Å²) < 4.78 is 5.69. The lowest BCUT2D eigenvalue weighted by atomic mass is 9.80. The predicted molar refractivity (Wildman–Crippen MR) is 123 cm³/mol. The minimum absolute atomic E-state index is 0.102. The number of ether oxygens (including phenoxy) is 1.